The van der Waals surface area contributed by atoms with Crippen LogP contribution in [0.4, 0.5) is 10.5 Å². The van der Waals surface area contributed by atoms with E-state index in [1.807, 2.05) is 18.2 Å². The minimum atomic E-state index is -0.563. The lowest BCUT2D eigenvalue weighted by atomic mass is 10.1. The van der Waals surface area contributed by atoms with Gasteiger partial charge in [-0.2, -0.15) is 5.26 Å². The van der Waals surface area contributed by atoms with Gasteiger partial charge in [-0.15, -0.1) is 0 Å². The largest absolute Gasteiger partial charge is 0.462 e. The van der Waals surface area contributed by atoms with Gasteiger partial charge >= 0.3 is 6.09 Å². The van der Waals surface area contributed by atoms with Crippen LogP contribution >= 0.6 is 0 Å². The first kappa shape index (κ1) is 20.3. The number of hydrogen-bond acceptors (Lipinski definition) is 5. The van der Waals surface area contributed by atoms with Gasteiger partial charge in [0.05, 0.1) is 11.6 Å². The summed E-state index contributed by atoms with van der Waals surface area (Å²) >= 11 is 0. The molecule has 1 amide bonds. The van der Waals surface area contributed by atoms with E-state index in [0.717, 1.165) is 43.6 Å². The molecule has 0 spiro atoms. The molecule has 0 saturated heterocycles. The number of benzene rings is 1. The summed E-state index contributed by atoms with van der Waals surface area (Å²) < 4.78 is 10.8. The highest BCUT2D eigenvalue weighted by Crippen LogP contribution is 2.13. The number of aliphatic hydroxyl groups excluding tert-OH is 1. The summed E-state index contributed by atoms with van der Waals surface area (Å²) in [6.45, 7) is 0.378. The molecule has 2 N–H and O–H groups in total. The SMILES string of the molecule is N#Cc1ccc(NC(=O)OCC=Cc2ccc(CCCCCCO)o2)cc1. The molecule has 0 atom stereocenters. The van der Waals surface area contributed by atoms with Crippen LogP contribution in [-0.4, -0.2) is 24.4 Å². The minimum absolute atomic E-state index is 0.124. The van der Waals surface area contributed by atoms with E-state index in [0.29, 0.717) is 11.3 Å². The number of carbonyl (C=O) groups is 1. The van der Waals surface area contributed by atoms with Gasteiger partial charge in [0.1, 0.15) is 18.1 Å². The average molecular weight is 368 g/mol. The first-order chi connectivity index (χ1) is 13.2. The Labute approximate surface area is 159 Å². The number of nitrogens with zero attached hydrogens (tertiary/aromatic N) is 1. The molecular weight excluding hydrogens is 344 g/mol. The zero-order valence-corrected chi connectivity index (χ0v) is 15.2. The summed E-state index contributed by atoms with van der Waals surface area (Å²) in [5.41, 5.74) is 1.09. The van der Waals surface area contributed by atoms with Gasteiger partial charge in [-0.05, 0) is 61.4 Å². The van der Waals surface area contributed by atoms with E-state index in [-0.39, 0.29) is 13.2 Å². The second-order valence-electron chi connectivity index (χ2n) is 6.01. The van der Waals surface area contributed by atoms with Gasteiger partial charge in [-0.3, -0.25) is 5.32 Å². The van der Waals surface area contributed by atoms with Crippen molar-refractivity contribution in [1.82, 2.24) is 0 Å². The molecule has 1 aromatic heterocycles. The Hall–Kier alpha value is -3.04. The van der Waals surface area contributed by atoms with E-state index in [9.17, 15) is 4.79 Å². The molecular formula is C21H24N2O4. The van der Waals surface area contributed by atoms with Gasteiger partial charge in [-0.1, -0.05) is 12.8 Å². The van der Waals surface area contributed by atoms with Gasteiger partial charge in [0.2, 0.25) is 0 Å². The number of furan rings is 1. The van der Waals surface area contributed by atoms with Gasteiger partial charge in [0.25, 0.3) is 0 Å². The van der Waals surface area contributed by atoms with Gasteiger partial charge in [-0.25, -0.2) is 4.79 Å². The van der Waals surface area contributed by atoms with Crippen molar-refractivity contribution < 1.29 is 19.1 Å². The molecule has 0 aliphatic heterocycles. The fraction of sp³-hybridized carbons (Fsp3) is 0.333. The minimum Gasteiger partial charge on any atom is -0.462 e. The fourth-order valence-electron chi connectivity index (χ4n) is 2.45. The molecule has 0 saturated carbocycles. The molecule has 0 aliphatic carbocycles. The van der Waals surface area contributed by atoms with Crippen LogP contribution in [-0.2, 0) is 11.2 Å². The number of amides is 1. The summed E-state index contributed by atoms with van der Waals surface area (Å²) in [7, 11) is 0. The molecule has 142 valence electrons. The summed E-state index contributed by atoms with van der Waals surface area (Å²) in [6.07, 6.45) is 7.79. The number of carbonyl (C=O) groups excluding carboxylic acids is 1. The van der Waals surface area contributed by atoms with E-state index < -0.39 is 6.09 Å². The van der Waals surface area contributed by atoms with Crippen molar-refractivity contribution in [3.63, 3.8) is 0 Å². The van der Waals surface area contributed by atoms with E-state index in [2.05, 4.69) is 5.32 Å². The lowest BCUT2D eigenvalue weighted by molar-refractivity contribution is 0.174. The van der Waals surface area contributed by atoms with Crippen molar-refractivity contribution >= 4 is 17.9 Å². The third-order valence-electron chi connectivity index (χ3n) is 3.87. The highest BCUT2D eigenvalue weighted by molar-refractivity contribution is 5.84. The number of rotatable bonds is 10. The monoisotopic (exact) mass is 368 g/mol. The molecule has 27 heavy (non-hydrogen) atoms. The number of aliphatic hydroxyl groups is 1. The first-order valence-corrected chi connectivity index (χ1v) is 9.01. The second-order valence-corrected chi connectivity index (χ2v) is 6.01. The Morgan fingerprint density at radius 3 is 2.67 bits per heavy atom. The van der Waals surface area contributed by atoms with Gasteiger partial charge in [0, 0.05) is 18.7 Å². The highest BCUT2D eigenvalue weighted by Gasteiger charge is 2.03. The molecule has 0 fully saturated rings. The Kier molecular flexibility index (Phi) is 8.67. The Balaban J connectivity index is 1.66. The summed E-state index contributed by atoms with van der Waals surface area (Å²) in [5.74, 6) is 1.65. The smallest absolute Gasteiger partial charge is 0.411 e. The van der Waals surface area contributed by atoms with Crippen LogP contribution in [0.2, 0.25) is 0 Å². The molecule has 6 nitrogen and oxygen atoms in total. The van der Waals surface area contributed by atoms with Crippen molar-refractivity contribution in [2.45, 2.75) is 32.1 Å². The quantitative estimate of drug-likeness (QED) is 0.602. The number of aryl methyl sites for hydroxylation is 1. The number of hydrogen-bond donors (Lipinski definition) is 2. The van der Waals surface area contributed by atoms with Gasteiger partial charge in [0.15, 0.2) is 0 Å². The predicted molar refractivity (Wildman–Crippen MR) is 103 cm³/mol. The van der Waals surface area contributed by atoms with Crippen LogP contribution in [0.5, 0.6) is 0 Å². The summed E-state index contributed by atoms with van der Waals surface area (Å²) in [6, 6.07) is 12.4. The third kappa shape index (κ3) is 7.80. The molecule has 0 radical (unpaired) electrons. The lowest BCUT2D eigenvalue weighted by Crippen LogP contribution is -2.13. The number of unbranched alkanes of at least 4 members (excludes halogenated alkanes) is 3. The van der Waals surface area contributed by atoms with E-state index in [4.69, 9.17) is 19.5 Å². The van der Waals surface area contributed by atoms with E-state index in [1.54, 1.807) is 36.4 Å². The van der Waals surface area contributed by atoms with Gasteiger partial charge < -0.3 is 14.3 Å². The molecule has 2 aromatic rings. The number of nitriles is 1. The van der Waals surface area contributed by atoms with Crippen molar-refractivity contribution in [3.8, 4) is 6.07 Å². The number of ether oxygens (including phenoxy) is 1. The fourth-order valence-corrected chi connectivity index (χ4v) is 2.45. The normalized spacial score (nSPS) is 10.7. The maximum absolute atomic E-state index is 11.7. The Morgan fingerprint density at radius 1 is 1.15 bits per heavy atom. The van der Waals surface area contributed by atoms with Crippen LogP contribution in [0.1, 0.15) is 42.8 Å². The van der Waals surface area contributed by atoms with Crippen molar-refractivity contribution in [3.05, 3.63) is 59.6 Å². The van der Waals surface area contributed by atoms with Crippen LogP contribution in [0.3, 0.4) is 0 Å². The third-order valence-corrected chi connectivity index (χ3v) is 3.87. The van der Waals surface area contributed by atoms with Crippen LogP contribution in [0, 0.1) is 11.3 Å². The zero-order chi connectivity index (χ0) is 19.3. The predicted octanol–water partition coefficient (Wildman–Crippen LogP) is 4.51. The topological polar surface area (TPSA) is 95.5 Å². The maximum atomic E-state index is 11.7. The Morgan fingerprint density at radius 2 is 1.93 bits per heavy atom. The molecule has 1 aromatic carbocycles. The standard InChI is InChI=1S/C21H24N2O4/c22-16-17-8-10-18(11-9-17)23-21(25)26-15-5-7-20-13-12-19(27-20)6-3-1-2-4-14-24/h5,7-13,24H,1-4,6,14-15H2,(H,23,25). The average Bonchev–Trinajstić information content (AvgIpc) is 3.13. The molecule has 0 aliphatic rings. The summed E-state index contributed by atoms with van der Waals surface area (Å²) in [4.78, 5) is 11.7. The highest BCUT2D eigenvalue weighted by atomic mass is 16.5. The Bertz CT molecular complexity index is 772. The molecule has 0 bridgehead atoms. The van der Waals surface area contributed by atoms with Crippen LogP contribution < -0.4 is 5.32 Å². The zero-order valence-electron chi connectivity index (χ0n) is 15.2. The second kappa shape index (κ2) is 11.6. The van der Waals surface area contributed by atoms with Crippen molar-refractivity contribution in [1.29, 1.82) is 5.26 Å². The van der Waals surface area contributed by atoms with Crippen LogP contribution in [0.15, 0.2) is 46.9 Å². The molecule has 6 heteroatoms. The van der Waals surface area contributed by atoms with E-state index in [1.165, 1.54) is 0 Å². The van der Waals surface area contributed by atoms with Crippen molar-refractivity contribution in [2.24, 2.45) is 0 Å². The number of nitrogens with one attached hydrogen (secondary N) is 1. The molecule has 1 heterocycles. The number of anilines is 1. The first-order valence-electron chi connectivity index (χ1n) is 9.01. The van der Waals surface area contributed by atoms with Crippen LogP contribution in [0.25, 0.3) is 6.08 Å². The molecule has 2 rings (SSSR count). The van der Waals surface area contributed by atoms with E-state index >= 15 is 0 Å². The van der Waals surface area contributed by atoms with Crippen molar-refractivity contribution in [2.75, 3.05) is 18.5 Å². The molecule has 0 unspecified atom stereocenters. The lowest BCUT2D eigenvalue weighted by Gasteiger charge is -2.04. The maximum Gasteiger partial charge on any atom is 0.411 e. The summed E-state index contributed by atoms with van der Waals surface area (Å²) in [5, 5.41) is 20.1.